The molecule has 0 radical (unpaired) electrons. The first-order valence-corrected chi connectivity index (χ1v) is 14.9. The molecule has 0 saturated carbocycles. The Balaban J connectivity index is 5.57. The van der Waals surface area contributed by atoms with E-state index >= 15 is 0 Å². The average molecular weight is 529 g/mol. The van der Waals surface area contributed by atoms with Crippen LogP contribution in [0.15, 0.2) is 0 Å². The molecule has 0 aliphatic carbocycles. The second kappa shape index (κ2) is 21.3. The van der Waals surface area contributed by atoms with E-state index in [1.165, 1.54) is 6.92 Å². The molecule has 0 aromatic heterocycles. The van der Waals surface area contributed by atoms with Crippen LogP contribution in [-0.4, -0.2) is 47.9 Å². The van der Waals surface area contributed by atoms with Gasteiger partial charge < -0.3 is 19.3 Å². The molecule has 0 aliphatic rings. The normalized spacial score (nSPS) is 16.2. The van der Waals surface area contributed by atoms with Gasteiger partial charge in [0.1, 0.15) is 12.2 Å². The fourth-order valence-electron chi connectivity index (χ4n) is 4.79. The van der Waals surface area contributed by atoms with Gasteiger partial charge in [-0.25, -0.2) is 4.79 Å². The number of hydrogen-bond donors (Lipinski definition) is 1. The van der Waals surface area contributed by atoms with E-state index < -0.39 is 30.3 Å². The fourth-order valence-corrected chi connectivity index (χ4v) is 4.79. The van der Waals surface area contributed by atoms with Crippen molar-refractivity contribution >= 4 is 17.9 Å². The average Bonchev–Trinajstić information content (AvgIpc) is 2.88. The van der Waals surface area contributed by atoms with Crippen LogP contribution in [-0.2, 0) is 28.6 Å². The van der Waals surface area contributed by atoms with Gasteiger partial charge in [0.15, 0.2) is 6.10 Å². The summed E-state index contributed by atoms with van der Waals surface area (Å²) in [4.78, 5) is 37.7. The van der Waals surface area contributed by atoms with Gasteiger partial charge in [-0.05, 0) is 49.9 Å². The van der Waals surface area contributed by atoms with Crippen LogP contribution >= 0.6 is 0 Å². The van der Waals surface area contributed by atoms with Crippen LogP contribution in [0.25, 0.3) is 0 Å². The number of carbonyl (C=O) groups excluding carboxylic acids is 3. The van der Waals surface area contributed by atoms with E-state index in [4.69, 9.17) is 14.2 Å². The highest BCUT2D eigenvalue weighted by Gasteiger charge is 2.38. The lowest BCUT2D eigenvalue weighted by Gasteiger charge is -2.31. The highest BCUT2D eigenvalue weighted by molar-refractivity contribution is 5.77. The summed E-state index contributed by atoms with van der Waals surface area (Å²) < 4.78 is 16.8. The van der Waals surface area contributed by atoms with Gasteiger partial charge in [-0.3, -0.25) is 9.59 Å². The highest BCUT2D eigenvalue weighted by Crippen LogP contribution is 2.27. The van der Waals surface area contributed by atoms with Crippen molar-refractivity contribution in [1.29, 1.82) is 0 Å². The van der Waals surface area contributed by atoms with Crippen molar-refractivity contribution in [2.24, 2.45) is 17.8 Å². The van der Waals surface area contributed by atoms with E-state index in [-0.39, 0.29) is 24.2 Å². The lowest BCUT2D eigenvalue weighted by Crippen LogP contribution is -2.45. The monoisotopic (exact) mass is 528 g/mol. The van der Waals surface area contributed by atoms with Gasteiger partial charge in [0.25, 0.3) is 0 Å². The largest absolute Gasteiger partial charge is 0.465 e. The van der Waals surface area contributed by atoms with Crippen LogP contribution < -0.4 is 0 Å². The zero-order valence-electron chi connectivity index (χ0n) is 24.8. The molecule has 1 N–H and O–H groups in total. The summed E-state index contributed by atoms with van der Waals surface area (Å²) in [5.74, 6) is -1.64. The number of rotatable bonds is 22. The van der Waals surface area contributed by atoms with Crippen molar-refractivity contribution < 1.29 is 33.7 Å². The summed E-state index contributed by atoms with van der Waals surface area (Å²) in [6, 6.07) is 0. The third-order valence-electron chi connectivity index (χ3n) is 7.41. The van der Waals surface area contributed by atoms with E-state index in [9.17, 15) is 19.5 Å². The number of unbranched alkanes of at least 4 members (excludes halogenated alkanes) is 3. The van der Waals surface area contributed by atoms with E-state index in [1.807, 2.05) is 13.8 Å². The Kier molecular flexibility index (Phi) is 20.4. The van der Waals surface area contributed by atoms with Gasteiger partial charge in [-0.1, -0.05) is 86.5 Å². The summed E-state index contributed by atoms with van der Waals surface area (Å²) >= 11 is 0. The van der Waals surface area contributed by atoms with E-state index in [1.54, 1.807) is 0 Å². The molecule has 0 heterocycles. The second-order valence-corrected chi connectivity index (χ2v) is 10.4. The minimum absolute atomic E-state index is 0.0278. The van der Waals surface area contributed by atoms with Gasteiger partial charge in [-0.2, -0.15) is 0 Å². The molecule has 7 nitrogen and oxygen atoms in total. The number of esters is 3. The number of aliphatic hydroxyl groups excluding tert-OH is 1. The van der Waals surface area contributed by atoms with Gasteiger partial charge in [0, 0.05) is 6.92 Å². The molecule has 0 amide bonds. The molecule has 6 unspecified atom stereocenters. The van der Waals surface area contributed by atoms with E-state index in [0.717, 1.165) is 70.6 Å². The number of ether oxygens (including phenoxy) is 3. The van der Waals surface area contributed by atoms with Crippen molar-refractivity contribution in [3.63, 3.8) is 0 Å². The summed E-state index contributed by atoms with van der Waals surface area (Å²) in [7, 11) is 0. The van der Waals surface area contributed by atoms with Crippen molar-refractivity contribution in [1.82, 2.24) is 0 Å². The zero-order valence-corrected chi connectivity index (χ0v) is 24.8. The SMILES string of the molecule is CCCCC(CC)COC(=O)CC(OC(=O)C(O)C(OC(C)=O)C(CC)CCCC)C(CC)CCCC. The summed E-state index contributed by atoms with van der Waals surface area (Å²) in [5, 5.41) is 11.0. The topological polar surface area (TPSA) is 99.1 Å². The first-order chi connectivity index (χ1) is 17.7. The molecule has 218 valence electrons. The van der Waals surface area contributed by atoms with Crippen LogP contribution in [0.1, 0.15) is 132 Å². The predicted molar refractivity (Wildman–Crippen MR) is 147 cm³/mol. The van der Waals surface area contributed by atoms with Crippen LogP contribution in [0.3, 0.4) is 0 Å². The minimum atomic E-state index is -1.61. The van der Waals surface area contributed by atoms with Crippen molar-refractivity contribution in [3.8, 4) is 0 Å². The Morgan fingerprint density at radius 1 is 0.730 bits per heavy atom. The quantitative estimate of drug-likeness (QED) is 0.122. The lowest BCUT2D eigenvalue weighted by molar-refractivity contribution is -0.180. The van der Waals surface area contributed by atoms with Gasteiger partial charge in [0.2, 0.25) is 0 Å². The molecule has 0 aromatic rings. The van der Waals surface area contributed by atoms with Crippen LogP contribution in [0.2, 0.25) is 0 Å². The third-order valence-corrected chi connectivity index (χ3v) is 7.41. The maximum Gasteiger partial charge on any atom is 0.339 e. The first-order valence-electron chi connectivity index (χ1n) is 14.9. The Labute approximate surface area is 226 Å². The fraction of sp³-hybridized carbons (Fsp3) is 0.900. The second-order valence-electron chi connectivity index (χ2n) is 10.4. The van der Waals surface area contributed by atoms with Crippen LogP contribution in [0.4, 0.5) is 0 Å². The van der Waals surface area contributed by atoms with Crippen LogP contribution in [0, 0.1) is 17.8 Å². The maximum atomic E-state index is 13.2. The van der Waals surface area contributed by atoms with E-state index in [2.05, 4.69) is 27.7 Å². The molecule has 0 rings (SSSR count). The molecule has 0 bridgehead atoms. The summed E-state index contributed by atoms with van der Waals surface area (Å²) in [6.07, 6.45) is 7.57. The molecular formula is C30H56O7. The van der Waals surface area contributed by atoms with Crippen molar-refractivity contribution in [2.75, 3.05) is 6.61 Å². The smallest absolute Gasteiger partial charge is 0.339 e. The van der Waals surface area contributed by atoms with Crippen molar-refractivity contribution in [3.05, 3.63) is 0 Å². The molecule has 0 aromatic carbocycles. The predicted octanol–water partition coefficient (Wildman–Crippen LogP) is 6.77. The number of hydrogen-bond acceptors (Lipinski definition) is 7. The highest BCUT2D eigenvalue weighted by atomic mass is 16.6. The number of aliphatic hydroxyl groups is 1. The molecule has 0 spiro atoms. The Morgan fingerprint density at radius 2 is 1.27 bits per heavy atom. The van der Waals surface area contributed by atoms with Gasteiger partial charge in [0.05, 0.1) is 13.0 Å². The molecule has 7 heteroatoms. The van der Waals surface area contributed by atoms with Gasteiger partial charge in [-0.15, -0.1) is 0 Å². The van der Waals surface area contributed by atoms with Crippen LogP contribution in [0.5, 0.6) is 0 Å². The molecular weight excluding hydrogens is 472 g/mol. The minimum Gasteiger partial charge on any atom is -0.465 e. The standard InChI is InChI=1S/C30H56O7/c1-8-14-17-23(11-4)21-35-27(32)20-26(24(12-5)18-15-9-2)37-30(34)28(33)29(36-22(7)31)25(13-6)19-16-10-3/h23-26,28-29,33H,8-21H2,1-7H3. The summed E-state index contributed by atoms with van der Waals surface area (Å²) in [6.45, 7) is 14.0. The molecule has 0 aliphatic heterocycles. The third kappa shape index (κ3) is 14.8. The Bertz CT molecular complexity index is 621. The molecule has 37 heavy (non-hydrogen) atoms. The first kappa shape index (κ1) is 35.4. The summed E-state index contributed by atoms with van der Waals surface area (Å²) in [5.41, 5.74) is 0. The van der Waals surface area contributed by atoms with E-state index in [0.29, 0.717) is 18.9 Å². The Hall–Kier alpha value is -1.63. The maximum absolute atomic E-state index is 13.2. The lowest BCUT2D eigenvalue weighted by atomic mass is 9.89. The van der Waals surface area contributed by atoms with Gasteiger partial charge >= 0.3 is 17.9 Å². The molecule has 0 saturated heterocycles. The molecule has 6 atom stereocenters. The van der Waals surface area contributed by atoms with Crippen molar-refractivity contribution in [2.45, 2.75) is 150 Å². The Morgan fingerprint density at radius 3 is 1.76 bits per heavy atom. The number of carbonyl (C=O) groups is 3. The molecule has 0 fully saturated rings. The zero-order chi connectivity index (χ0) is 28.2.